The summed E-state index contributed by atoms with van der Waals surface area (Å²) in [7, 11) is 0. The summed E-state index contributed by atoms with van der Waals surface area (Å²) in [6.45, 7) is 7.34. The van der Waals surface area contributed by atoms with Gasteiger partial charge in [-0.15, -0.1) is 0 Å². The largest absolute Gasteiger partial charge is 0.487 e. The van der Waals surface area contributed by atoms with Gasteiger partial charge in [-0.05, 0) is 44.4 Å². The summed E-state index contributed by atoms with van der Waals surface area (Å²) < 4.78 is 11.6. The molecule has 0 aliphatic carbocycles. The van der Waals surface area contributed by atoms with Crippen molar-refractivity contribution in [3.8, 4) is 5.75 Å². The SMILES string of the molecule is CC1OCCC1C(Br)c1ccc2c(c1)CC(C)(C)O2. The minimum atomic E-state index is -0.0630. The molecule has 0 N–H and O–H groups in total. The Hall–Kier alpha value is -0.540. The second-order valence-electron chi connectivity index (χ2n) is 6.34. The van der Waals surface area contributed by atoms with Gasteiger partial charge in [-0.2, -0.15) is 0 Å². The molecule has 3 atom stereocenters. The minimum Gasteiger partial charge on any atom is -0.487 e. The van der Waals surface area contributed by atoms with Crippen molar-refractivity contribution in [2.45, 2.75) is 50.1 Å². The fourth-order valence-corrected chi connectivity index (χ4v) is 4.16. The lowest BCUT2D eigenvalue weighted by Gasteiger charge is -2.21. The Balaban J connectivity index is 1.83. The van der Waals surface area contributed by atoms with Crippen LogP contribution in [0.25, 0.3) is 0 Å². The van der Waals surface area contributed by atoms with Crippen molar-refractivity contribution >= 4 is 15.9 Å². The Labute approximate surface area is 123 Å². The first-order valence-corrected chi connectivity index (χ1v) is 7.95. The van der Waals surface area contributed by atoms with Gasteiger partial charge in [-0.1, -0.05) is 28.1 Å². The van der Waals surface area contributed by atoms with Gasteiger partial charge in [0, 0.05) is 23.8 Å². The molecule has 0 radical (unpaired) electrons. The van der Waals surface area contributed by atoms with E-state index < -0.39 is 0 Å². The maximum absolute atomic E-state index is 5.94. The Morgan fingerprint density at radius 2 is 2.16 bits per heavy atom. The van der Waals surface area contributed by atoms with E-state index in [1.54, 1.807) is 0 Å². The van der Waals surface area contributed by atoms with E-state index in [2.05, 4.69) is 54.9 Å². The zero-order valence-electron chi connectivity index (χ0n) is 11.8. The first kappa shape index (κ1) is 13.4. The highest BCUT2D eigenvalue weighted by Crippen LogP contribution is 2.42. The van der Waals surface area contributed by atoms with Gasteiger partial charge in [-0.25, -0.2) is 0 Å². The fraction of sp³-hybridized carbons (Fsp3) is 0.625. The van der Waals surface area contributed by atoms with Crippen molar-refractivity contribution in [2.75, 3.05) is 6.61 Å². The molecular weight excluding hydrogens is 304 g/mol. The van der Waals surface area contributed by atoms with Crippen molar-refractivity contribution in [1.29, 1.82) is 0 Å². The first-order chi connectivity index (χ1) is 8.96. The summed E-state index contributed by atoms with van der Waals surface area (Å²) in [5, 5.41) is 0. The third kappa shape index (κ3) is 2.55. The number of fused-ring (bicyclic) bond motifs is 1. The number of halogens is 1. The Morgan fingerprint density at radius 1 is 1.37 bits per heavy atom. The van der Waals surface area contributed by atoms with Gasteiger partial charge in [0.15, 0.2) is 0 Å². The fourth-order valence-electron chi connectivity index (χ4n) is 3.18. The average molecular weight is 325 g/mol. The molecule has 19 heavy (non-hydrogen) atoms. The highest BCUT2D eigenvalue weighted by molar-refractivity contribution is 9.09. The summed E-state index contributed by atoms with van der Waals surface area (Å²) in [4.78, 5) is 0.374. The van der Waals surface area contributed by atoms with E-state index in [1.165, 1.54) is 11.1 Å². The molecule has 0 aromatic heterocycles. The van der Waals surface area contributed by atoms with E-state index in [1.807, 2.05) is 0 Å². The van der Waals surface area contributed by atoms with Crippen molar-refractivity contribution in [1.82, 2.24) is 0 Å². The van der Waals surface area contributed by atoms with Gasteiger partial charge < -0.3 is 9.47 Å². The minimum absolute atomic E-state index is 0.0630. The summed E-state index contributed by atoms with van der Waals surface area (Å²) in [5.74, 6) is 1.61. The molecule has 104 valence electrons. The van der Waals surface area contributed by atoms with Gasteiger partial charge in [0.1, 0.15) is 11.4 Å². The van der Waals surface area contributed by atoms with Gasteiger partial charge in [0.25, 0.3) is 0 Å². The topological polar surface area (TPSA) is 18.5 Å². The van der Waals surface area contributed by atoms with Crippen LogP contribution >= 0.6 is 15.9 Å². The van der Waals surface area contributed by atoms with E-state index in [9.17, 15) is 0 Å². The van der Waals surface area contributed by atoms with E-state index in [4.69, 9.17) is 9.47 Å². The third-order valence-electron chi connectivity index (χ3n) is 4.22. The van der Waals surface area contributed by atoms with Crippen LogP contribution < -0.4 is 4.74 Å². The second-order valence-corrected chi connectivity index (χ2v) is 7.32. The third-order valence-corrected chi connectivity index (χ3v) is 5.42. The summed E-state index contributed by atoms with van der Waals surface area (Å²) >= 11 is 3.87. The molecule has 0 bridgehead atoms. The van der Waals surface area contributed by atoms with Crippen LogP contribution in [0.3, 0.4) is 0 Å². The summed E-state index contributed by atoms with van der Waals surface area (Å²) in [6.07, 6.45) is 2.47. The van der Waals surface area contributed by atoms with Gasteiger partial charge >= 0.3 is 0 Å². The van der Waals surface area contributed by atoms with Crippen LogP contribution in [-0.2, 0) is 11.2 Å². The number of rotatable bonds is 2. The molecule has 3 heteroatoms. The van der Waals surface area contributed by atoms with Crippen LogP contribution in [0, 0.1) is 5.92 Å². The van der Waals surface area contributed by atoms with E-state index in [-0.39, 0.29) is 5.60 Å². The predicted octanol–water partition coefficient (Wildman–Crippen LogP) is 4.26. The Kier molecular flexibility index (Phi) is 3.38. The maximum Gasteiger partial charge on any atom is 0.123 e. The Bertz CT molecular complexity index is 484. The van der Waals surface area contributed by atoms with Gasteiger partial charge in [0.2, 0.25) is 0 Å². The average Bonchev–Trinajstić information content (AvgIpc) is 2.88. The zero-order chi connectivity index (χ0) is 13.6. The molecule has 3 rings (SSSR count). The predicted molar refractivity (Wildman–Crippen MR) is 80.0 cm³/mol. The number of benzene rings is 1. The van der Waals surface area contributed by atoms with Crippen LogP contribution in [0.15, 0.2) is 18.2 Å². The summed E-state index contributed by atoms with van der Waals surface area (Å²) in [6, 6.07) is 6.60. The maximum atomic E-state index is 5.94. The highest BCUT2D eigenvalue weighted by Gasteiger charge is 2.34. The molecular formula is C16H21BrO2. The molecule has 0 amide bonds. The van der Waals surface area contributed by atoms with E-state index in [0.717, 1.165) is 25.2 Å². The van der Waals surface area contributed by atoms with Crippen molar-refractivity contribution in [3.05, 3.63) is 29.3 Å². The van der Waals surface area contributed by atoms with Crippen LogP contribution in [0.1, 0.15) is 43.1 Å². The zero-order valence-corrected chi connectivity index (χ0v) is 13.4. The molecule has 2 aliphatic rings. The highest BCUT2D eigenvalue weighted by atomic mass is 79.9. The lowest BCUT2D eigenvalue weighted by molar-refractivity contribution is 0.105. The van der Waals surface area contributed by atoms with Crippen molar-refractivity contribution in [3.63, 3.8) is 0 Å². The molecule has 1 aromatic rings. The molecule has 1 fully saturated rings. The van der Waals surface area contributed by atoms with E-state index >= 15 is 0 Å². The first-order valence-electron chi connectivity index (χ1n) is 7.04. The number of ether oxygens (including phenoxy) is 2. The van der Waals surface area contributed by atoms with E-state index in [0.29, 0.717) is 16.8 Å². The molecule has 0 saturated carbocycles. The quantitative estimate of drug-likeness (QED) is 0.757. The molecule has 2 aliphatic heterocycles. The van der Waals surface area contributed by atoms with Crippen LogP contribution in [0.2, 0.25) is 0 Å². The number of alkyl halides is 1. The monoisotopic (exact) mass is 324 g/mol. The second kappa shape index (κ2) is 4.78. The Morgan fingerprint density at radius 3 is 2.84 bits per heavy atom. The lowest BCUT2D eigenvalue weighted by Crippen LogP contribution is -2.24. The summed E-state index contributed by atoms with van der Waals surface area (Å²) in [5.41, 5.74) is 2.62. The van der Waals surface area contributed by atoms with Gasteiger partial charge in [-0.3, -0.25) is 0 Å². The lowest BCUT2D eigenvalue weighted by atomic mass is 9.92. The molecule has 2 heterocycles. The van der Waals surface area contributed by atoms with Crippen LogP contribution in [0.4, 0.5) is 0 Å². The van der Waals surface area contributed by atoms with Crippen molar-refractivity contribution < 1.29 is 9.47 Å². The molecule has 0 spiro atoms. The van der Waals surface area contributed by atoms with Crippen molar-refractivity contribution in [2.24, 2.45) is 5.92 Å². The number of hydrogen-bond donors (Lipinski definition) is 0. The number of hydrogen-bond acceptors (Lipinski definition) is 2. The molecule has 1 aromatic carbocycles. The van der Waals surface area contributed by atoms with Crippen LogP contribution in [0.5, 0.6) is 5.75 Å². The van der Waals surface area contributed by atoms with Gasteiger partial charge in [0.05, 0.1) is 6.10 Å². The molecule has 3 unspecified atom stereocenters. The molecule has 2 nitrogen and oxygen atoms in total. The standard InChI is InChI=1S/C16H21BrO2/c1-10-13(6-7-18-10)15(17)11-4-5-14-12(8-11)9-16(2,3)19-14/h4-5,8,10,13,15H,6-7,9H2,1-3H3. The normalized spacial score (nSPS) is 29.9. The van der Waals surface area contributed by atoms with Crippen LogP contribution in [-0.4, -0.2) is 18.3 Å². The smallest absolute Gasteiger partial charge is 0.123 e. The molecule has 1 saturated heterocycles.